The minimum Gasteiger partial charge on any atom is -0.303 e. The van der Waals surface area contributed by atoms with Gasteiger partial charge in [0.25, 0.3) is 0 Å². The van der Waals surface area contributed by atoms with Crippen LogP contribution in [-0.4, -0.2) is 41.7 Å². The highest BCUT2D eigenvalue weighted by molar-refractivity contribution is 7.99. The monoisotopic (exact) mass is 202 g/mol. The van der Waals surface area contributed by atoms with Crippen LogP contribution in [0.25, 0.3) is 0 Å². The second-order valence-electron chi connectivity index (χ2n) is 3.76. The summed E-state index contributed by atoms with van der Waals surface area (Å²) in [6, 6.07) is 1.45. The van der Waals surface area contributed by atoms with Gasteiger partial charge in [-0.2, -0.15) is 0 Å². The van der Waals surface area contributed by atoms with E-state index in [-0.39, 0.29) is 0 Å². The average molecular weight is 202 g/mol. The quantitative estimate of drug-likeness (QED) is 0.731. The van der Waals surface area contributed by atoms with Gasteiger partial charge in [0.15, 0.2) is 0 Å². The molecule has 0 amide bonds. The molecule has 2 nitrogen and oxygen atoms in total. The van der Waals surface area contributed by atoms with Crippen molar-refractivity contribution in [2.75, 3.05) is 24.7 Å². The van der Waals surface area contributed by atoms with Crippen LogP contribution in [0.3, 0.4) is 0 Å². The number of rotatable bonds is 5. The lowest BCUT2D eigenvalue weighted by Gasteiger charge is -2.29. The van der Waals surface area contributed by atoms with Crippen LogP contribution in [0.15, 0.2) is 0 Å². The van der Waals surface area contributed by atoms with Gasteiger partial charge in [0, 0.05) is 30.3 Å². The third-order valence-electron chi connectivity index (χ3n) is 2.87. The molecule has 1 heterocycles. The Balaban J connectivity index is 2.29. The standard InChI is InChI=1S/C10H22N2S/c1-4-9(3)12(5-2)6-10-7-13-8-11-10/h9-11H,4-8H2,1-3H3. The van der Waals surface area contributed by atoms with E-state index in [1.165, 1.54) is 25.3 Å². The lowest BCUT2D eigenvalue weighted by Crippen LogP contribution is -2.42. The van der Waals surface area contributed by atoms with E-state index in [9.17, 15) is 0 Å². The van der Waals surface area contributed by atoms with Crippen LogP contribution >= 0.6 is 11.8 Å². The zero-order valence-electron chi connectivity index (χ0n) is 9.05. The molecule has 1 aliphatic heterocycles. The molecule has 0 spiro atoms. The highest BCUT2D eigenvalue weighted by Gasteiger charge is 2.19. The normalized spacial score (nSPS) is 25.4. The number of nitrogens with zero attached hydrogens (tertiary/aromatic N) is 1. The van der Waals surface area contributed by atoms with Crippen molar-refractivity contribution in [1.29, 1.82) is 0 Å². The van der Waals surface area contributed by atoms with Gasteiger partial charge in [0.2, 0.25) is 0 Å². The van der Waals surface area contributed by atoms with Gasteiger partial charge in [0.1, 0.15) is 0 Å². The molecule has 0 bridgehead atoms. The maximum Gasteiger partial charge on any atom is 0.0421 e. The first kappa shape index (κ1) is 11.3. The summed E-state index contributed by atoms with van der Waals surface area (Å²) in [5, 5.41) is 3.52. The summed E-state index contributed by atoms with van der Waals surface area (Å²) >= 11 is 2.02. The Bertz CT molecular complexity index is 135. The molecule has 3 heteroatoms. The maximum absolute atomic E-state index is 3.52. The fourth-order valence-corrected chi connectivity index (χ4v) is 2.70. The summed E-state index contributed by atoms with van der Waals surface area (Å²) in [6.07, 6.45) is 1.26. The fourth-order valence-electron chi connectivity index (χ4n) is 1.72. The molecule has 0 saturated carbocycles. The molecule has 1 rings (SSSR count). The average Bonchev–Trinajstić information content (AvgIpc) is 2.65. The molecule has 1 fully saturated rings. The number of nitrogens with one attached hydrogen (secondary N) is 1. The first-order valence-corrected chi connectivity index (χ1v) is 6.48. The van der Waals surface area contributed by atoms with Crippen molar-refractivity contribution in [2.45, 2.75) is 39.3 Å². The predicted octanol–water partition coefficient (Wildman–Crippen LogP) is 1.77. The Morgan fingerprint density at radius 1 is 1.54 bits per heavy atom. The Morgan fingerprint density at radius 2 is 2.31 bits per heavy atom. The van der Waals surface area contributed by atoms with Crippen molar-refractivity contribution in [2.24, 2.45) is 0 Å². The van der Waals surface area contributed by atoms with Gasteiger partial charge in [-0.15, -0.1) is 11.8 Å². The van der Waals surface area contributed by atoms with E-state index in [1.54, 1.807) is 0 Å². The van der Waals surface area contributed by atoms with Gasteiger partial charge in [-0.3, -0.25) is 4.90 Å². The molecule has 0 aliphatic carbocycles. The number of hydrogen-bond donors (Lipinski definition) is 1. The van der Waals surface area contributed by atoms with Gasteiger partial charge in [-0.1, -0.05) is 13.8 Å². The van der Waals surface area contributed by atoms with Crippen molar-refractivity contribution in [3.05, 3.63) is 0 Å². The Kier molecular flexibility index (Phi) is 5.14. The van der Waals surface area contributed by atoms with Gasteiger partial charge in [-0.25, -0.2) is 0 Å². The van der Waals surface area contributed by atoms with Crippen LogP contribution in [0.1, 0.15) is 27.2 Å². The minimum atomic E-state index is 0.721. The van der Waals surface area contributed by atoms with Crippen LogP contribution in [0.2, 0.25) is 0 Å². The zero-order chi connectivity index (χ0) is 9.68. The van der Waals surface area contributed by atoms with Crippen LogP contribution in [0.4, 0.5) is 0 Å². The van der Waals surface area contributed by atoms with E-state index in [2.05, 4.69) is 31.0 Å². The lowest BCUT2D eigenvalue weighted by molar-refractivity contribution is 0.200. The molecule has 0 aromatic heterocycles. The summed E-state index contributed by atoms with van der Waals surface area (Å²) in [5.41, 5.74) is 0. The van der Waals surface area contributed by atoms with Gasteiger partial charge in [-0.05, 0) is 19.9 Å². The number of thioether (sulfide) groups is 1. The molecule has 2 unspecified atom stereocenters. The molecule has 2 atom stereocenters. The summed E-state index contributed by atoms with van der Waals surface area (Å²) in [5.74, 6) is 2.43. The topological polar surface area (TPSA) is 15.3 Å². The van der Waals surface area contributed by atoms with Crippen LogP contribution in [-0.2, 0) is 0 Å². The smallest absolute Gasteiger partial charge is 0.0421 e. The van der Waals surface area contributed by atoms with Crippen molar-refractivity contribution in [3.8, 4) is 0 Å². The molecule has 1 N–H and O–H groups in total. The largest absolute Gasteiger partial charge is 0.303 e. The van der Waals surface area contributed by atoms with E-state index in [0.29, 0.717) is 0 Å². The number of likely N-dealkylation sites (N-methyl/N-ethyl adjacent to an activating group) is 1. The molecule has 1 saturated heterocycles. The first-order valence-electron chi connectivity index (χ1n) is 5.33. The molecule has 0 radical (unpaired) electrons. The number of hydrogen-bond acceptors (Lipinski definition) is 3. The third-order valence-corrected chi connectivity index (χ3v) is 3.88. The second-order valence-corrected chi connectivity index (χ2v) is 4.79. The molecule has 0 aromatic carbocycles. The van der Waals surface area contributed by atoms with Crippen molar-refractivity contribution >= 4 is 11.8 Å². The van der Waals surface area contributed by atoms with Crippen LogP contribution in [0.5, 0.6) is 0 Å². The lowest BCUT2D eigenvalue weighted by atomic mass is 10.2. The SMILES string of the molecule is CCC(C)N(CC)CC1CSCN1. The molecule has 78 valence electrons. The zero-order valence-corrected chi connectivity index (χ0v) is 9.86. The molecule has 1 aliphatic rings. The first-order chi connectivity index (χ1) is 6.27. The van der Waals surface area contributed by atoms with Gasteiger partial charge in [0.05, 0.1) is 0 Å². The molecule has 13 heavy (non-hydrogen) atoms. The Hall–Kier alpha value is 0.270. The highest BCUT2D eigenvalue weighted by atomic mass is 32.2. The van der Waals surface area contributed by atoms with Gasteiger partial charge < -0.3 is 5.32 Å². The highest BCUT2D eigenvalue weighted by Crippen LogP contribution is 2.12. The summed E-state index contributed by atoms with van der Waals surface area (Å²) < 4.78 is 0. The van der Waals surface area contributed by atoms with E-state index in [4.69, 9.17) is 0 Å². The van der Waals surface area contributed by atoms with Crippen LogP contribution in [0, 0.1) is 0 Å². The van der Waals surface area contributed by atoms with E-state index >= 15 is 0 Å². The fraction of sp³-hybridized carbons (Fsp3) is 1.00. The van der Waals surface area contributed by atoms with Crippen molar-refractivity contribution in [1.82, 2.24) is 10.2 Å². The second kappa shape index (κ2) is 5.89. The molecular weight excluding hydrogens is 180 g/mol. The van der Waals surface area contributed by atoms with Crippen molar-refractivity contribution < 1.29 is 0 Å². The van der Waals surface area contributed by atoms with E-state index in [1.807, 2.05) is 11.8 Å². The van der Waals surface area contributed by atoms with Crippen LogP contribution < -0.4 is 5.32 Å². The summed E-state index contributed by atoms with van der Waals surface area (Å²) in [4.78, 5) is 2.57. The summed E-state index contributed by atoms with van der Waals surface area (Å²) in [7, 11) is 0. The van der Waals surface area contributed by atoms with Gasteiger partial charge >= 0.3 is 0 Å². The Labute approximate surface area is 86.5 Å². The maximum atomic E-state index is 3.52. The molecular formula is C10H22N2S. The van der Waals surface area contributed by atoms with E-state index < -0.39 is 0 Å². The summed E-state index contributed by atoms with van der Waals surface area (Å²) in [6.45, 7) is 9.25. The third kappa shape index (κ3) is 3.49. The van der Waals surface area contributed by atoms with E-state index in [0.717, 1.165) is 18.0 Å². The van der Waals surface area contributed by atoms with Crippen molar-refractivity contribution in [3.63, 3.8) is 0 Å². The predicted molar refractivity (Wildman–Crippen MR) is 61.2 cm³/mol. The Morgan fingerprint density at radius 3 is 2.77 bits per heavy atom. The molecule has 0 aromatic rings. The minimum absolute atomic E-state index is 0.721.